The van der Waals surface area contributed by atoms with Crippen LogP contribution in [0.5, 0.6) is 0 Å². The lowest BCUT2D eigenvalue weighted by Crippen LogP contribution is -2.38. The molecule has 4 heterocycles. The molecule has 23 nitrogen and oxygen atoms in total. The number of nitrogens with one attached hydrogen (secondary N) is 6. The van der Waals surface area contributed by atoms with Gasteiger partial charge in [-0.2, -0.15) is 0 Å². The van der Waals surface area contributed by atoms with Crippen LogP contribution in [-0.4, -0.2) is 179 Å². The Bertz CT molecular complexity index is 2390. The van der Waals surface area contributed by atoms with E-state index in [1.807, 2.05) is 38.8 Å². The van der Waals surface area contributed by atoms with E-state index < -0.39 is 23.8 Å². The third kappa shape index (κ3) is 16.4. The number of imide groups is 2. The van der Waals surface area contributed by atoms with Crippen molar-refractivity contribution >= 4 is 65.4 Å². The third-order valence-electron chi connectivity index (χ3n) is 12.0. The molecule has 73 heavy (non-hydrogen) atoms. The van der Waals surface area contributed by atoms with Crippen LogP contribution < -0.4 is 31.1 Å². The molecule has 0 spiro atoms. The molecule has 2 aromatic heterocycles. The molecule has 396 valence electrons. The lowest BCUT2D eigenvalue weighted by Gasteiger charge is -2.24. The molecule has 1 aromatic carbocycles. The number of hydrogen-bond donors (Lipinski definition) is 6. The Morgan fingerprint density at radius 2 is 1.45 bits per heavy atom. The summed E-state index contributed by atoms with van der Waals surface area (Å²) in [6.07, 6.45) is 1.80. The minimum atomic E-state index is -0.534. The maximum atomic E-state index is 13.8. The smallest absolute Gasteiger partial charge is 0.263 e. The zero-order valence-electron chi connectivity index (χ0n) is 42.5. The molecule has 1 atom stereocenters. The zero-order valence-corrected chi connectivity index (χ0v) is 42.5. The minimum absolute atomic E-state index is 0.000960. The van der Waals surface area contributed by atoms with Gasteiger partial charge >= 0.3 is 0 Å². The molecule has 0 saturated carbocycles. The molecular weight excluding hydrogens is 945 g/mol. The minimum Gasteiger partial charge on any atom is -0.382 e. The summed E-state index contributed by atoms with van der Waals surface area (Å²) < 4.78 is 27.8. The Morgan fingerprint density at radius 1 is 0.795 bits per heavy atom. The number of rotatable bonds is 35. The summed E-state index contributed by atoms with van der Waals surface area (Å²) in [7, 11) is 1.93. The second-order valence-electron chi connectivity index (χ2n) is 17.2. The number of amides is 6. The highest BCUT2D eigenvalue weighted by molar-refractivity contribution is 6.24. The molecule has 2 aliphatic heterocycles. The molecule has 1 unspecified atom stereocenters. The first-order chi connectivity index (χ1) is 35.3. The second-order valence-corrected chi connectivity index (χ2v) is 17.2. The van der Waals surface area contributed by atoms with Gasteiger partial charge < -0.3 is 49.4 Å². The van der Waals surface area contributed by atoms with Crippen LogP contribution in [0.1, 0.15) is 95.0 Å². The van der Waals surface area contributed by atoms with Gasteiger partial charge in [-0.15, -0.1) is 0 Å². The Balaban J connectivity index is 0.865. The summed E-state index contributed by atoms with van der Waals surface area (Å²) in [6, 6.07) is 11.6. The lowest BCUT2D eigenvalue weighted by molar-refractivity contribution is -0.125. The molecule has 0 radical (unpaired) electrons. The molecule has 3 aromatic rings. The summed E-state index contributed by atoms with van der Waals surface area (Å²) in [6.45, 7) is 13.5. The SMILES string of the molecule is CCN(C=N)C(=N)c1cccc(N2Cc3c(cc(N(C)C(C)C)nc3CNCCNC(=O)CCOCCOCCOCCOCCOCCNc3cccc4c3C(=O)N(C(C)CCC(=O)NC=O)C4=O)C2=O)n1. The van der Waals surface area contributed by atoms with E-state index in [1.165, 1.54) is 4.90 Å². The predicted molar refractivity (Wildman–Crippen MR) is 272 cm³/mol. The van der Waals surface area contributed by atoms with Gasteiger partial charge in [0.25, 0.3) is 17.7 Å². The van der Waals surface area contributed by atoms with Gasteiger partial charge in [0, 0.05) is 75.9 Å². The van der Waals surface area contributed by atoms with E-state index in [4.69, 9.17) is 39.5 Å². The van der Waals surface area contributed by atoms with Crippen LogP contribution in [0.15, 0.2) is 42.5 Å². The number of amidine groups is 1. The maximum absolute atomic E-state index is 13.8. The number of aromatic nitrogens is 2. The van der Waals surface area contributed by atoms with Crippen LogP contribution in [0, 0.1) is 10.8 Å². The number of fused-ring (bicyclic) bond motifs is 2. The van der Waals surface area contributed by atoms with Gasteiger partial charge in [-0.05, 0) is 64.4 Å². The van der Waals surface area contributed by atoms with Crippen LogP contribution in [0.25, 0.3) is 0 Å². The van der Waals surface area contributed by atoms with Crippen molar-refractivity contribution in [2.45, 2.75) is 72.1 Å². The fraction of sp³-hybridized carbons (Fsp3) is 0.520. The molecule has 0 saturated heterocycles. The van der Waals surface area contributed by atoms with Crippen LogP contribution in [0.2, 0.25) is 0 Å². The number of hydrogen-bond acceptors (Lipinski definition) is 18. The summed E-state index contributed by atoms with van der Waals surface area (Å²) in [5.41, 5.74) is 3.50. The molecular formula is C50H70N12O11. The van der Waals surface area contributed by atoms with E-state index in [9.17, 15) is 28.8 Å². The molecule has 5 rings (SSSR count). The zero-order chi connectivity index (χ0) is 52.7. The second kappa shape index (κ2) is 29.7. The molecule has 23 heteroatoms. The molecule has 6 amide bonds. The van der Waals surface area contributed by atoms with Crippen molar-refractivity contribution in [3.05, 3.63) is 76.1 Å². The highest BCUT2D eigenvalue weighted by atomic mass is 16.6. The van der Waals surface area contributed by atoms with E-state index >= 15 is 0 Å². The highest BCUT2D eigenvalue weighted by Gasteiger charge is 2.40. The van der Waals surface area contributed by atoms with E-state index in [0.717, 1.165) is 22.5 Å². The standard InChI is InChI=1S/C50H70N12O11/c1-6-60(32-51)47(52)40-11-8-12-42(57-40)61-31-38-37(48(61)66)29-43(59(5)34(2)3)58-41(38)30-53-16-17-55-45(65)15-19-69-21-23-71-25-27-73-28-26-72-24-22-70-20-18-54-39-10-7-9-36-46(39)50(68)62(49(36)67)35(4)13-14-44(64)56-33-63/h7-12,29,32-35,51-54H,6,13-28,30-31H2,1-5H3,(H,55,65)(H,56,63,64). The van der Waals surface area contributed by atoms with E-state index in [0.29, 0.717) is 133 Å². The van der Waals surface area contributed by atoms with Crippen LogP contribution in [-0.2, 0) is 51.2 Å². The van der Waals surface area contributed by atoms with Crippen molar-refractivity contribution in [1.29, 1.82) is 10.8 Å². The monoisotopic (exact) mass is 1010 g/mol. The molecule has 0 fully saturated rings. The largest absolute Gasteiger partial charge is 0.382 e. The van der Waals surface area contributed by atoms with Gasteiger partial charge in [-0.25, -0.2) is 9.97 Å². The number of nitrogens with zero attached hydrogens (tertiary/aromatic N) is 6. The first kappa shape index (κ1) is 57.1. The van der Waals surface area contributed by atoms with Gasteiger partial charge in [0.2, 0.25) is 18.2 Å². The van der Waals surface area contributed by atoms with Crippen LogP contribution in [0.3, 0.4) is 0 Å². The van der Waals surface area contributed by atoms with Crippen LogP contribution >= 0.6 is 0 Å². The van der Waals surface area contributed by atoms with Crippen molar-refractivity contribution in [3.8, 4) is 0 Å². The van der Waals surface area contributed by atoms with Gasteiger partial charge in [0.15, 0.2) is 5.84 Å². The molecule has 0 aliphatic carbocycles. The Labute approximate surface area is 426 Å². The van der Waals surface area contributed by atoms with Crippen LogP contribution in [0.4, 0.5) is 17.3 Å². The summed E-state index contributed by atoms with van der Waals surface area (Å²) >= 11 is 0. The average molecular weight is 1020 g/mol. The topological polar surface area (TPSA) is 283 Å². The molecule has 6 N–H and O–H groups in total. The number of pyridine rings is 2. The number of carbonyl (C=O) groups is 6. The lowest BCUT2D eigenvalue weighted by atomic mass is 10.1. The average Bonchev–Trinajstić information content (AvgIpc) is 3.86. The van der Waals surface area contributed by atoms with Crippen molar-refractivity contribution in [2.24, 2.45) is 0 Å². The first-order valence-electron chi connectivity index (χ1n) is 24.6. The third-order valence-corrected chi connectivity index (χ3v) is 12.0. The number of anilines is 3. The van der Waals surface area contributed by atoms with Crippen molar-refractivity contribution in [2.75, 3.05) is 114 Å². The summed E-state index contributed by atoms with van der Waals surface area (Å²) in [5, 5.41) is 27.6. The first-order valence-corrected chi connectivity index (χ1v) is 24.6. The maximum Gasteiger partial charge on any atom is 0.263 e. The van der Waals surface area contributed by atoms with Gasteiger partial charge in [-0.1, -0.05) is 12.1 Å². The van der Waals surface area contributed by atoms with Crippen molar-refractivity contribution in [1.82, 2.24) is 35.7 Å². The fourth-order valence-corrected chi connectivity index (χ4v) is 7.74. The van der Waals surface area contributed by atoms with E-state index in [1.54, 1.807) is 48.2 Å². The summed E-state index contributed by atoms with van der Waals surface area (Å²) in [5.74, 6) is -0.539. The normalized spacial score (nSPS) is 13.3. The molecule has 0 bridgehead atoms. The Morgan fingerprint density at radius 3 is 2.10 bits per heavy atom. The number of benzene rings is 1. The number of ether oxygens (including phenoxy) is 5. The van der Waals surface area contributed by atoms with Gasteiger partial charge in [-0.3, -0.25) is 54.7 Å². The van der Waals surface area contributed by atoms with Gasteiger partial charge in [0.05, 0.1) is 101 Å². The number of carbonyl (C=O) groups excluding carboxylic acids is 6. The Hall–Kier alpha value is -6.76. The Kier molecular flexibility index (Phi) is 23.2. The fourth-order valence-electron chi connectivity index (χ4n) is 7.74. The van der Waals surface area contributed by atoms with E-state index in [-0.39, 0.29) is 61.7 Å². The highest BCUT2D eigenvalue weighted by Crippen LogP contribution is 2.33. The van der Waals surface area contributed by atoms with Crippen molar-refractivity contribution < 1.29 is 52.5 Å². The molecule has 2 aliphatic rings. The van der Waals surface area contributed by atoms with Gasteiger partial charge in [0.1, 0.15) is 17.3 Å². The summed E-state index contributed by atoms with van der Waals surface area (Å²) in [4.78, 5) is 90.4. The van der Waals surface area contributed by atoms with E-state index in [2.05, 4.69) is 26.3 Å². The quantitative estimate of drug-likeness (QED) is 0.0162. The van der Waals surface area contributed by atoms with Crippen molar-refractivity contribution in [3.63, 3.8) is 0 Å². The predicted octanol–water partition coefficient (Wildman–Crippen LogP) is 2.56.